The lowest BCUT2D eigenvalue weighted by Gasteiger charge is -2.29. The molecule has 6 heteroatoms. The fourth-order valence-electron chi connectivity index (χ4n) is 3.06. The van der Waals surface area contributed by atoms with Crippen LogP contribution in [0.1, 0.15) is 12.8 Å². The van der Waals surface area contributed by atoms with Crippen molar-refractivity contribution in [2.75, 3.05) is 26.3 Å². The van der Waals surface area contributed by atoms with Crippen molar-refractivity contribution < 1.29 is 9.47 Å². The molecule has 0 amide bonds. The van der Waals surface area contributed by atoms with Crippen LogP contribution in [0.2, 0.25) is 5.02 Å². The Morgan fingerprint density at radius 2 is 1.96 bits per heavy atom. The van der Waals surface area contributed by atoms with E-state index in [0.29, 0.717) is 0 Å². The van der Waals surface area contributed by atoms with Gasteiger partial charge in [-0.2, -0.15) is 0 Å². The highest BCUT2D eigenvalue weighted by molar-refractivity contribution is 8.03. The lowest BCUT2D eigenvalue weighted by Crippen LogP contribution is -2.41. The number of morpholine rings is 1. The van der Waals surface area contributed by atoms with Gasteiger partial charge in [-0.15, -0.1) is 0 Å². The highest BCUT2D eigenvalue weighted by Gasteiger charge is 2.38. The van der Waals surface area contributed by atoms with Gasteiger partial charge in [0.05, 0.1) is 19.3 Å². The van der Waals surface area contributed by atoms with Crippen LogP contribution in [0.5, 0.6) is 0 Å². The molecule has 0 bridgehead atoms. The normalized spacial score (nSPS) is 27.1. The molecule has 0 unspecified atom stereocenters. The number of thioether (sulfide) groups is 1. The van der Waals surface area contributed by atoms with E-state index in [1.165, 1.54) is 9.80 Å². The summed E-state index contributed by atoms with van der Waals surface area (Å²) < 4.78 is 11.6. The van der Waals surface area contributed by atoms with Crippen LogP contribution in [0.3, 0.4) is 0 Å². The molecule has 0 aromatic heterocycles. The van der Waals surface area contributed by atoms with E-state index in [9.17, 15) is 0 Å². The second-order valence-electron chi connectivity index (χ2n) is 5.86. The maximum Gasteiger partial charge on any atom is 0.288 e. The molecule has 2 heterocycles. The second kappa shape index (κ2) is 6.75. The lowest BCUT2D eigenvalue weighted by molar-refractivity contribution is 0.0543. The maximum absolute atomic E-state index is 6.22. The summed E-state index contributed by atoms with van der Waals surface area (Å²) in [5.41, 5.74) is 0. The van der Waals surface area contributed by atoms with Crippen molar-refractivity contribution in [1.29, 1.82) is 0 Å². The number of hydrogen-bond donors (Lipinski definition) is 0. The van der Waals surface area contributed by atoms with Gasteiger partial charge in [0.15, 0.2) is 6.10 Å². The van der Waals surface area contributed by atoms with Gasteiger partial charge in [0, 0.05) is 27.9 Å². The summed E-state index contributed by atoms with van der Waals surface area (Å²) in [6, 6.07) is 9.00. The Morgan fingerprint density at radius 3 is 2.74 bits per heavy atom. The van der Waals surface area contributed by atoms with Crippen LogP contribution in [0.4, 0.5) is 0 Å². The number of hydrogen-bond acceptors (Lipinski definition) is 5. The van der Waals surface area contributed by atoms with Gasteiger partial charge in [-0.25, -0.2) is 4.99 Å². The van der Waals surface area contributed by atoms with E-state index in [1.54, 1.807) is 11.8 Å². The lowest BCUT2D eigenvalue weighted by atomic mass is 10.00. The van der Waals surface area contributed by atoms with Crippen LogP contribution < -0.4 is 0 Å². The van der Waals surface area contributed by atoms with E-state index in [-0.39, 0.29) is 12.1 Å². The standard InChI is InChI=1S/C17H19ClN2O2S/c18-12-4-6-13(7-5-12)23-15-3-1-2-14-16(15)22-17(19-14)20-8-10-21-11-9-20/h3-7,14,16H,1-2,8-11H2/t14-,16-/m0/s1. The first-order valence-corrected chi connectivity index (χ1v) is 9.20. The van der Waals surface area contributed by atoms with E-state index in [0.717, 1.165) is 50.2 Å². The van der Waals surface area contributed by atoms with E-state index in [2.05, 4.69) is 23.1 Å². The number of halogens is 1. The van der Waals surface area contributed by atoms with Crippen LogP contribution in [0.25, 0.3) is 0 Å². The highest BCUT2D eigenvalue weighted by Crippen LogP contribution is 2.39. The summed E-state index contributed by atoms with van der Waals surface area (Å²) >= 11 is 7.73. The molecule has 1 aromatic carbocycles. The molecular formula is C17H19ClN2O2S. The maximum atomic E-state index is 6.22. The Bertz CT molecular complexity index is 626. The van der Waals surface area contributed by atoms with Crippen LogP contribution in [-0.4, -0.2) is 49.4 Å². The molecule has 3 aliphatic rings. The zero-order valence-electron chi connectivity index (χ0n) is 12.8. The molecule has 2 aliphatic heterocycles. The van der Waals surface area contributed by atoms with E-state index < -0.39 is 0 Å². The number of aliphatic imine (C=N–C) groups is 1. The molecule has 4 nitrogen and oxygen atoms in total. The van der Waals surface area contributed by atoms with Crippen molar-refractivity contribution in [3.8, 4) is 0 Å². The quantitative estimate of drug-likeness (QED) is 0.816. The average molecular weight is 351 g/mol. The first-order chi connectivity index (χ1) is 11.3. The zero-order chi connectivity index (χ0) is 15.6. The largest absolute Gasteiger partial charge is 0.454 e. The van der Waals surface area contributed by atoms with Gasteiger partial charge in [-0.3, -0.25) is 0 Å². The van der Waals surface area contributed by atoms with Crippen molar-refractivity contribution in [3.05, 3.63) is 40.3 Å². The van der Waals surface area contributed by atoms with E-state index in [4.69, 9.17) is 26.1 Å². The fraction of sp³-hybridized carbons (Fsp3) is 0.471. The Balaban J connectivity index is 1.46. The SMILES string of the molecule is Clc1ccc(SC2=CCC[C@@H]3N=C(N4CCOCC4)O[C@H]23)cc1. The fourth-order valence-corrected chi connectivity index (χ4v) is 4.25. The van der Waals surface area contributed by atoms with Gasteiger partial charge >= 0.3 is 0 Å². The van der Waals surface area contributed by atoms with Crippen LogP contribution in [0, 0.1) is 0 Å². The summed E-state index contributed by atoms with van der Waals surface area (Å²) in [6.45, 7) is 3.23. The molecule has 4 rings (SSSR count). The van der Waals surface area contributed by atoms with Crippen LogP contribution in [0.15, 0.2) is 45.1 Å². The van der Waals surface area contributed by atoms with Crippen molar-refractivity contribution >= 4 is 29.4 Å². The van der Waals surface area contributed by atoms with Gasteiger partial charge < -0.3 is 14.4 Å². The predicted octanol–water partition coefficient (Wildman–Crippen LogP) is 3.57. The van der Waals surface area contributed by atoms with Crippen molar-refractivity contribution in [1.82, 2.24) is 4.90 Å². The Morgan fingerprint density at radius 1 is 1.17 bits per heavy atom. The number of nitrogens with zero attached hydrogens (tertiary/aromatic N) is 2. The molecule has 1 aromatic rings. The summed E-state index contributed by atoms with van der Waals surface area (Å²) in [5.74, 6) is 0. The minimum Gasteiger partial charge on any atom is -0.454 e. The number of ether oxygens (including phenoxy) is 2. The van der Waals surface area contributed by atoms with E-state index >= 15 is 0 Å². The summed E-state index contributed by atoms with van der Waals surface area (Å²) in [6.07, 6.45) is 4.46. The molecule has 1 saturated heterocycles. The first kappa shape index (κ1) is 15.4. The summed E-state index contributed by atoms with van der Waals surface area (Å²) in [7, 11) is 0. The van der Waals surface area contributed by atoms with Crippen LogP contribution in [-0.2, 0) is 9.47 Å². The van der Waals surface area contributed by atoms with Gasteiger partial charge in [0.2, 0.25) is 0 Å². The van der Waals surface area contributed by atoms with Gasteiger partial charge in [0.1, 0.15) is 0 Å². The highest BCUT2D eigenvalue weighted by atomic mass is 35.5. The molecule has 23 heavy (non-hydrogen) atoms. The molecule has 2 atom stereocenters. The monoisotopic (exact) mass is 350 g/mol. The topological polar surface area (TPSA) is 34.1 Å². The van der Waals surface area contributed by atoms with E-state index in [1.807, 2.05) is 12.1 Å². The first-order valence-electron chi connectivity index (χ1n) is 8.00. The number of fused-ring (bicyclic) bond motifs is 1. The molecule has 0 radical (unpaired) electrons. The molecule has 1 fully saturated rings. The van der Waals surface area contributed by atoms with Gasteiger partial charge in [-0.1, -0.05) is 29.4 Å². The minimum atomic E-state index is 0.0577. The Kier molecular flexibility index (Phi) is 4.51. The third-order valence-corrected chi connectivity index (χ3v) is 5.67. The number of allylic oxidation sites excluding steroid dienone is 1. The summed E-state index contributed by atoms with van der Waals surface area (Å²) in [5, 5.41) is 0.764. The third-order valence-electron chi connectivity index (χ3n) is 4.28. The van der Waals surface area contributed by atoms with Crippen molar-refractivity contribution in [2.45, 2.75) is 29.9 Å². The molecule has 0 saturated carbocycles. The van der Waals surface area contributed by atoms with Gasteiger partial charge in [0.25, 0.3) is 6.02 Å². The molecule has 1 aliphatic carbocycles. The predicted molar refractivity (Wildman–Crippen MR) is 93.1 cm³/mol. The minimum absolute atomic E-state index is 0.0577. The number of amidine groups is 1. The Hall–Kier alpha value is -1.17. The van der Waals surface area contributed by atoms with Crippen LogP contribution >= 0.6 is 23.4 Å². The number of benzene rings is 1. The molecule has 0 spiro atoms. The second-order valence-corrected chi connectivity index (χ2v) is 7.44. The molecule has 122 valence electrons. The molecule has 0 N–H and O–H groups in total. The van der Waals surface area contributed by atoms with Gasteiger partial charge in [-0.05, 0) is 37.1 Å². The third kappa shape index (κ3) is 3.37. The van der Waals surface area contributed by atoms with Crippen molar-refractivity contribution in [2.24, 2.45) is 4.99 Å². The smallest absolute Gasteiger partial charge is 0.288 e. The van der Waals surface area contributed by atoms with Crippen molar-refractivity contribution in [3.63, 3.8) is 0 Å². The Labute approximate surface area is 145 Å². The number of rotatable bonds is 2. The zero-order valence-corrected chi connectivity index (χ0v) is 14.4. The molecular weight excluding hydrogens is 332 g/mol. The summed E-state index contributed by atoms with van der Waals surface area (Å²) in [4.78, 5) is 9.47. The average Bonchev–Trinajstić information content (AvgIpc) is 3.03.